The Morgan fingerprint density at radius 1 is 0.535 bits per heavy atom. The van der Waals surface area contributed by atoms with Crippen LogP contribution in [0.3, 0.4) is 0 Å². The van der Waals surface area contributed by atoms with Gasteiger partial charge in [0.05, 0.1) is 33.5 Å². The zero-order valence-electron chi connectivity index (χ0n) is 24.0. The summed E-state index contributed by atoms with van der Waals surface area (Å²) in [7, 11) is 0. The lowest BCUT2D eigenvalue weighted by Crippen LogP contribution is -2.17. The summed E-state index contributed by atoms with van der Waals surface area (Å²) in [5, 5.41) is 4.84. The van der Waals surface area contributed by atoms with Crippen molar-refractivity contribution >= 4 is 49.7 Å². The van der Waals surface area contributed by atoms with Gasteiger partial charge in [0.25, 0.3) is 0 Å². The maximum Gasteiger partial charge on any atom is 0.235 e. The van der Waals surface area contributed by atoms with E-state index in [1.54, 1.807) is 0 Å². The van der Waals surface area contributed by atoms with Crippen LogP contribution < -0.4 is 0 Å². The zero-order valence-corrected chi connectivity index (χ0v) is 24.0. The van der Waals surface area contributed by atoms with Crippen molar-refractivity contribution in [3.8, 4) is 22.9 Å². The van der Waals surface area contributed by atoms with Crippen molar-refractivity contribution in [2.24, 2.45) is 0 Å². The van der Waals surface area contributed by atoms with Gasteiger partial charge in [-0.3, -0.25) is 4.57 Å². The van der Waals surface area contributed by atoms with Crippen molar-refractivity contribution in [1.29, 1.82) is 0 Å². The van der Waals surface area contributed by atoms with Crippen molar-refractivity contribution in [2.75, 3.05) is 0 Å². The van der Waals surface area contributed by atoms with Crippen molar-refractivity contribution in [3.05, 3.63) is 139 Å². The number of fused-ring (bicyclic) bond motifs is 7. The molecule has 0 N–H and O–H groups in total. The van der Waals surface area contributed by atoms with E-state index in [0.29, 0.717) is 5.95 Å². The molecule has 43 heavy (non-hydrogen) atoms. The zero-order chi connectivity index (χ0) is 28.7. The SMILES string of the molecule is CC1(C)C=Cc2c(-c3cccc4c5ccccc5n(-c5ccccc5)c34)nc(-n3c4ccccc4c4ccccc43)nc21. The summed E-state index contributed by atoms with van der Waals surface area (Å²) in [4.78, 5) is 10.8. The van der Waals surface area contributed by atoms with Crippen molar-refractivity contribution in [3.63, 3.8) is 0 Å². The van der Waals surface area contributed by atoms with Crippen LogP contribution >= 0.6 is 0 Å². The molecule has 0 saturated heterocycles. The van der Waals surface area contributed by atoms with Crippen LogP contribution in [0.25, 0.3) is 72.6 Å². The number of nitrogens with zero attached hydrogens (tertiary/aromatic N) is 4. The fourth-order valence-electron chi connectivity index (χ4n) is 6.98. The molecule has 9 rings (SSSR count). The smallest absolute Gasteiger partial charge is 0.235 e. The summed E-state index contributed by atoms with van der Waals surface area (Å²) >= 11 is 0. The first-order valence-electron chi connectivity index (χ1n) is 14.8. The molecular weight excluding hydrogens is 524 g/mol. The molecular formula is C39H28N4. The maximum absolute atomic E-state index is 5.47. The van der Waals surface area contributed by atoms with Gasteiger partial charge in [0.2, 0.25) is 5.95 Å². The first-order chi connectivity index (χ1) is 21.1. The van der Waals surface area contributed by atoms with Crippen molar-refractivity contribution in [2.45, 2.75) is 19.3 Å². The summed E-state index contributed by atoms with van der Waals surface area (Å²) in [5.41, 5.74) is 9.65. The van der Waals surface area contributed by atoms with E-state index in [1.807, 2.05) is 0 Å². The van der Waals surface area contributed by atoms with Gasteiger partial charge in [-0.2, -0.15) is 0 Å². The van der Waals surface area contributed by atoms with Crippen LogP contribution in [0, 0.1) is 0 Å². The highest BCUT2D eigenvalue weighted by atomic mass is 15.2. The number of hydrogen-bond acceptors (Lipinski definition) is 2. The van der Waals surface area contributed by atoms with Gasteiger partial charge in [-0.25, -0.2) is 9.97 Å². The highest BCUT2D eigenvalue weighted by molar-refractivity contribution is 6.14. The quantitative estimate of drug-likeness (QED) is 0.219. The second-order valence-corrected chi connectivity index (χ2v) is 11.9. The third kappa shape index (κ3) is 3.38. The summed E-state index contributed by atoms with van der Waals surface area (Å²) in [6, 6.07) is 43.0. The van der Waals surface area contributed by atoms with Crippen LogP contribution in [0.4, 0.5) is 0 Å². The van der Waals surface area contributed by atoms with E-state index in [1.165, 1.54) is 27.1 Å². The number of hydrogen-bond donors (Lipinski definition) is 0. The monoisotopic (exact) mass is 552 g/mol. The molecule has 1 aliphatic carbocycles. The lowest BCUT2D eigenvalue weighted by Gasteiger charge is -2.20. The van der Waals surface area contributed by atoms with Gasteiger partial charge in [-0.15, -0.1) is 0 Å². The Morgan fingerprint density at radius 3 is 1.77 bits per heavy atom. The van der Waals surface area contributed by atoms with Gasteiger partial charge >= 0.3 is 0 Å². The molecule has 3 heterocycles. The molecule has 0 amide bonds. The minimum absolute atomic E-state index is 0.222. The number of allylic oxidation sites excluding steroid dienone is 1. The Hall–Kier alpha value is -5.48. The average Bonchev–Trinajstić information content (AvgIpc) is 3.68. The molecule has 0 atom stereocenters. The lowest BCUT2D eigenvalue weighted by atomic mass is 9.91. The molecule has 0 fully saturated rings. The van der Waals surface area contributed by atoms with E-state index in [-0.39, 0.29) is 5.41 Å². The van der Waals surface area contributed by atoms with E-state index in [4.69, 9.17) is 9.97 Å². The first kappa shape index (κ1) is 24.2. The molecule has 1 aliphatic rings. The molecule has 0 radical (unpaired) electrons. The van der Waals surface area contributed by atoms with Crippen LogP contribution in [-0.4, -0.2) is 19.1 Å². The Bertz CT molecular complexity index is 2370. The maximum atomic E-state index is 5.47. The number of aromatic nitrogens is 4. The van der Waals surface area contributed by atoms with Crippen LogP contribution in [0.1, 0.15) is 25.1 Å². The molecule has 0 saturated carbocycles. The van der Waals surface area contributed by atoms with Crippen molar-refractivity contribution in [1.82, 2.24) is 19.1 Å². The van der Waals surface area contributed by atoms with Gasteiger partial charge < -0.3 is 4.57 Å². The number of rotatable bonds is 3. The lowest BCUT2D eigenvalue weighted by molar-refractivity contribution is 0.651. The first-order valence-corrected chi connectivity index (χ1v) is 14.8. The Kier molecular flexibility index (Phi) is 4.92. The van der Waals surface area contributed by atoms with Gasteiger partial charge in [0.1, 0.15) is 0 Å². The van der Waals surface area contributed by atoms with Gasteiger partial charge in [-0.05, 0) is 30.3 Å². The summed E-state index contributed by atoms with van der Waals surface area (Å²) < 4.78 is 4.62. The molecule has 0 bridgehead atoms. The third-order valence-electron chi connectivity index (χ3n) is 8.96. The highest BCUT2D eigenvalue weighted by Crippen LogP contribution is 2.44. The van der Waals surface area contributed by atoms with E-state index in [2.05, 4.69) is 156 Å². The van der Waals surface area contributed by atoms with Gasteiger partial charge in [0, 0.05) is 43.8 Å². The standard InChI is InChI=1S/C39H28N4/c1-39(2)24-23-31-35(40-38(41-37(31)39)43-33-21-10-6-15-26(33)27-16-7-11-22-34(27)43)30-19-12-18-29-28-17-8-9-20-32(28)42(36(29)30)25-13-4-3-5-14-25/h3-24H,1-2H3. The second-order valence-electron chi connectivity index (χ2n) is 11.9. The molecule has 3 aromatic heterocycles. The normalized spacial score (nSPS) is 13.9. The van der Waals surface area contributed by atoms with E-state index in [0.717, 1.165) is 44.8 Å². The molecule has 0 aliphatic heterocycles. The van der Waals surface area contributed by atoms with Crippen molar-refractivity contribution < 1.29 is 0 Å². The molecule has 4 heteroatoms. The largest absolute Gasteiger partial charge is 0.309 e. The third-order valence-corrected chi connectivity index (χ3v) is 8.96. The summed E-state index contributed by atoms with van der Waals surface area (Å²) in [6.07, 6.45) is 4.48. The highest BCUT2D eigenvalue weighted by Gasteiger charge is 2.32. The van der Waals surface area contributed by atoms with Crippen LogP contribution in [0.2, 0.25) is 0 Å². The molecule has 8 aromatic rings. The molecule has 0 unspecified atom stereocenters. The predicted molar refractivity (Wildman–Crippen MR) is 178 cm³/mol. The van der Waals surface area contributed by atoms with E-state index in [9.17, 15) is 0 Å². The second kappa shape index (κ2) is 8.76. The Morgan fingerprint density at radius 2 is 1.09 bits per heavy atom. The van der Waals surface area contributed by atoms with Gasteiger partial charge in [0.15, 0.2) is 0 Å². The summed E-state index contributed by atoms with van der Waals surface area (Å²) in [6.45, 7) is 4.48. The molecule has 204 valence electrons. The fraction of sp³-hybridized carbons (Fsp3) is 0.0769. The van der Waals surface area contributed by atoms with E-state index >= 15 is 0 Å². The van der Waals surface area contributed by atoms with Crippen LogP contribution in [-0.2, 0) is 5.41 Å². The minimum atomic E-state index is -0.222. The number of para-hydroxylation sites is 5. The molecule has 0 spiro atoms. The Balaban J connectivity index is 1.43. The van der Waals surface area contributed by atoms with Crippen LogP contribution in [0.15, 0.2) is 127 Å². The number of benzene rings is 5. The molecule has 4 nitrogen and oxygen atoms in total. The Labute approximate surface area is 249 Å². The summed E-state index contributed by atoms with van der Waals surface area (Å²) in [5.74, 6) is 0.697. The van der Waals surface area contributed by atoms with Crippen LogP contribution in [0.5, 0.6) is 0 Å². The molecule has 5 aromatic carbocycles. The average molecular weight is 553 g/mol. The minimum Gasteiger partial charge on any atom is -0.309 e. The predicted octanol–water partition coefficient (Wildman–Crippen LogP) is 9.64. The topological polar surface area (TPSA) is 35.6 Å². The fourth-order valence-corrected chi connectivity index (χ4v) is 6.98. The van der Waals surface area contributed by atoms with Gasteiger partial charge in [-0.1, -0.05) is 117 Å². The van der Waals surface area contributed by atoms with E-state index < -0.39 is 0 Å².